The van der Waals surface area contributed by atoms with Crippen molar-refractivity contribution in [1.82, 2.24) is 0 Å². The molecule has 0 aromatic rings. The van der Waals surface area contributed by atoms with Crippen LogP contribution >= 0.6 is 0 Å². The lowest BCUT2D eigenvalue weighted by atomic mass is 10.1. The van der Waals surface area contributed by atoms with E-state index >= 15 is 0 Å². The fourth-order valence-corrected chi connectivity index (χ4v) is 0.892. The van der Waals surface area contributed by atoms with Crippen molar-refractivity contribution in [3.8, 4) is 0 Å². The molecule has 0 aromatic carbocycles. The third-order valence-corrected chi connectivity index (χ3v) is 1.51. The Morgan fingerprint density at radius 3 is 1.92 bits per heavy atom. The number of aliphatic hydroxyl groups excluding tert-OH is 1. The molecule has 0 bridgehead atoms. The highest BCUT2D eigenvalue weighted by Gasteiger charge is 1.86. The maximum Gasteiger partial charge on any atom is 0.290 e. The van der Waals surface area contributed by atoms with E-state index in [0.717, 1.165) is 6.42 Å². The molecule has 2 N–H and O–H groups in total. The number of aliphatic hydroxyl groups is 1. The lowest BCUT2D eigenvalue weighted by Gasteiger charge is -1.95. The van der Waals surface area contributed by atoms with Crippen LogP contribution in [0, 0.1) is 0 Å². The first kappa shape index (κ1) is 14.0. The van der Waals surface area contributed by atoms with Crippen LogP contribution in [0.25, 0.3) is 0 Å². The summed E-state index contributed by atoms with van der Waals surface area (Å²) >= 11 is 0. The van der Waals surface area contributed by atoms with E-state index in [4.69, 9.17) is 15.0 Å². The molecule has 0 aliphatic heterocycles. The Hall–Kier alpha value is -0.570. The summed E-state index contributed by atoms with van der Waals surface area (Å²) in [6, 6.07) is 0. The van der Waals surface area contributed by atoms with Crippen LogP contribution in [0.2, 0.25) is 0 Å². The summed E-state index contributed by atoms with van der Waals surface area (Å²) < 4.78 is 0. The average molecular weight is 176 g/mol. The van der Waals surface area contributed by atoms with Crippen LogP contribution in [-0.2, 0) is 4.79 Å². The number of hydrogen-bond donors (Lipinski definition) is 2. The normalized spacial score (nSPS) is 8.50. The van der Waals surface area contributed by atoms with Crippen LogP contribution in [0.1, 0.15) is 45.4 Å². The minimum Gasteiger partial charge on any atom is -0.483 e. The maximum absolute atomic E-state index is 8.42. The molecule has 0 aromatic heterocycles. The van der Waals surface area contributed by atoms with Crippen LogP contribution in [-0.4, -0.2) is 23.3 Å². The van der Waals surface area contributed by atoms with Crippen molar-refractivity contribution in [3.63, 3.8) is 0 Å². The molecule has 0 unspecified atom stereocenters. The molecule has 0 fully saturated rings. The van der Waals surface area contributed by atoms with Crippen molar-refractivity contribution in [2.24, 2.45) is 0 Å². The van der Waals surface area contributed by atoms with Crippen LogP contribution < -0.4 is 0 Å². The first-order valence-corrected chi connectivity index (χ1v) is 4.52. The third kappa shape index (κ3) is 22.7. The minimum atomic E-state index is -0.250. The van der Waals surface area contributed by atoms with Gasteiger partial charge in [-0.25, -0.2) is 0 Å². The zero-order valence-electron chi connectivity index (χ0n) is 7.83. The highest BCUT2D eigenvalue weighted by molar-refractivity contribution is 5.32. The number of carboxylic acid groups (broad SMARTS) is 1. The molecule has 0 heterocycles. The zero-order chi connectivity index (χ0) is 9.66. The van der Waals surface area contributed by atoms with Gasteiger partial charge in [-0.05, 0) is 6.42 Å². The minimum absolute atomic E-state index is 0.250. The van der Waals surface area contributed by atoms with Crippen LogP contribution in [0.5, 0.6) is 0 Å². The number of hydrogen-bond acceptors (Lipinski definition) is 2. The van der Waals surface area contributed by atoms with E-state index in [0.29, 0.717) is 6.61 Å². The fourth-order valence-electron chi connectivity index (χ4n) is 0.892. The van der Waals surface area contributed by atoms with E-state index in [2.05, 4.69) is 6.92 Å². The van der Waals surface area contributed by atoms with Crippen LogP contribution in [0.15, 0.2) is 0 Å². The van der Waals surface area contributed by atoms with Crippen molar-refractivity contribution >= 4 is 6.47 Å². The van der Waals surface area contributed by atoms with E-state index < -0.39 is 0 Å². The molecular weight excluding hydrogens is 156 g/mol. The predicted molar refractivity (Wildman–Crippen MR) is 49.2 cm³/mol. The Kier molecular flexibility index (Phi) is 19.6. The van der Waals surface area contributed by atoms with Gasteiger partial charge in [-0.1, -0.05) is 39.0 Å². The summed E-state index contributed by atoms with van der Waals surface area (Å²) in [5, 5.41) is 15.3. The van der Waals surface area contributed by atoms with Gasteiger partial charge in [0.05, 0.1) is 0 Å². The van der Waals surface area contributed by atoms with Crippen LogP contribution in [0.3, 0.4) is 0 Å². The van der Waals surface area contributed by atoms with Crippen molar-refractivity contribution in [1.29, 1.82) is 0 Å². The van der Waals surface area contributed by atoms with Crippen molar-refractivity contribution in [2.45, 2.75) is 45.4 Å². The standard InChI is InChI=1S/C8H18O.CH2O2/c1-2-3-4-5-6-7-8-9;2-1-3/h9H,2-8H2,1H3;1H,(H,2,3). The Morgan fingerprint density at radius 2 is 1.50 bits per heavy atom. The summed E-state index contributed by atoms with van der Waals surface area (Å²) in [6.07, 6.45) is 7.50. The van der Waals surface area contributed by atoms with Gasteiger partial charge >= 0.3 is 0 Å². The molecule has 74 valence electrons. The molecule has 0 aliphatic carbocycles. The molecular formula is C9H20O3. The molecule has 0 amide bonds. The Labute approximate surface area is 74.4 Å². The molecule has 0 saturated carbocycles. The van der Waals surface area contributed by atoms with Crippen molar-refractivity contribution < 1.29 is 15.0 Å². The summed E-state index contributed by atoms with van der Waals surface area (Å²) in [5.74, 6) is 0. The van der Waals surface area contributed by atoms with E-state index in [1.165, 1.54) is 32.1 Å². The first-order chi connectivity index (χ1) is 5.83. The summed E-state index contributed by atoms with van der Waals surface area (Å²) in [7, 11) is 0. The van der Waals surface area contributed by atoms with Gasteiger partial charge in [-0.3, -0.25) is 4.79 Å². The largest absolute Gasteiger partial charge is 0.483 e. The van der Waals surface area contributed by atoms with Gasteiger partial charge in [-0.2, -0.15) is 0 Å². The molecule has 0 aliphatic rings. The molecule has 0 saturated heterocycles. The van der Waals surface area contributed by atoms with Gasteiger partial charge in [-0.15, -0.1) is 0 Å². The van der Waals surface area contributed by atoms with E-state index in [1.807, 2.05) is 0 Å². The monoisotopic (exact) mass is 176 g/mol. The Bertz CT molecular complexity index is 68.2. The van der Waals surface area contributed by atoms with Gasteiger partial charge in [0.1, 0.15) is 0 Å². The van der Waals surface area contributed by atoms with Gasteiger partial charge in [0.2, 0.25) is 0 Å². The van der Waals surface area contributed by atoms with E-state index in [1.54, 1.807) is 0 Å². The van der Waals surface area contributed by atoms with E-state index in [-0.39, 0.29) is 6.47 Å². The SMILES string of the molecule is CCCCCCCCO.O=CO. The zero-order valence-corrected chi connectivity index (χ0v) is 7.83. The topological polar surface area (TPSA) is 57.5 Å². The number of rotatable bonds is 6. The lowest BCUT2D eigenvalue weighted by Crippen LogP contribution is -1.82. The van der Waals surface area contributed by atoms with Crippen molar-refractivity contribution in [3.05, 3.63) is 0 Å². The van der Waals surface area contributed by atoms with Crippen molar-refractivity contribution in [2.75, 3.05) is 6.61 Å². The predicted octanol–water partition coefficient (Wildman–Crippen LogP) is 2.04. The maximum atomic E-state index is 8.42. The van der Waals surface area contributed by atoms with Crippen LogP contribution in [0.4, 0.5) is 0 Å². The number of carbonyl (C=O) groups is 1. The molecule has 0 radical (unpaired) electrons. The summed E-state index contributed by atoms with van der Waals surface area (Å²) in [4.78, 5) is 8.36. The van der Waals surface area contributed by atoms with Gasteiger partial charge in [0, 0.05) is 6.61 Å². The summed E-state index contributed by atoms with van der Waals surface area (Å²) in [5.41, 5.74) is 0. The molecule has 3 heteroatoms. The lowest BCUT2D eigenvalue weighted by molar-refractivity contribution is -0.122. The Morgan fingerprint density at radius 1 is 1.08 bits per heavy atom. The first-order valence-electron chi connectivity index (χ1n) is 4.52. The quantitative estimate of drug-likeness (QED) is 0.481. The van der Waals surface area contributed by atoms with Gasteiger partial charge in [0.15, 0.2) is 0 Å². The molecule has 0 atom stereocenters. The second-order valence-corrected chi connectivity index (χ2v) is 2.60. The van der Waals surface area contributed by atoms with Gasteiger partial charge < -0.3 is 10.2 Å². The second-order valence-electron chi connectivity index (χ2n) is 2.60. The van der Waals surface area contributed by atoms with E-state index in [9.17, 15) is 0 Å². The molecule has 3 nitrogen and oxygen atoms in total. The molecule has 0 rings (SSSR count). The summed E-state index contributed by atoms with van der Waals surface area (Å²) in [6.45, 7) is 2.33. The number of unbranched alkanes of at least 4 members (excludes halogenated alkanes) is 5. The Balaban J connectivity index is 0. The highest BCUT2D eigenvalue weighted by Crippen LogP contribution is 2.03. The second kappa shape index (κ2) is 16.8. The smallest absolute Gasteiger partial charge is 0.290 e. The van der Waals surface area contributed by atoms with Gasteiger partial charge in [0.25, 0.3) is 6.47 Å². The average Bonchev–Trinajstić information content (AvgIpc) is 2.06. The highest BCUT2D eigenvalue weighted by atomic mass is 16.3. The third-order valence-electron chi connectivity index (χ3n) is 1.51. The molecule has 0 spiro atoms. The molecule has 12 heavy (non-hydrogen) atoms. The fraction of sp³-hybridized carbons (Fsp3) is 0.889.